The maximum atomic E-state index is 14.6. The largest absolute Gasteiger partial charge is 0.335 e. The van der Waals surface area contributed by atoms with Crippen LogP contribution in [0.25, 0.3) is 55.8 Å². The molecular formula is C31H26FN7O. The van der Waals surface area contributed by atoms with Gasteiger partial charge in [-0.2, -0.15) is 5.10 Å². The third-order valence-electron chi connectivity index (χ3n) is 7.66. The second kappa shape index (κ2) is 10.00. The van der Waals surface area contributed by atoms with Crippen molar-refractivity contribution in [3.05, 3.63) is 79.0 Å². The van der Waals surface area contributed by atoms with Gasteiger partial charge in [-0.25, -0.2) is 14.4 Å². The van der Waals surface area contributed by atoms with Gasteiger partial charge in [0.05, 0.1) is 22.9 Å². The molecule has 1 aliphatic carbocycles. The lowest BCUT2D eigenvalue weighted by Gasteiger charge is -2.20. The Morgan fingerprint density at radius 2 is 1.82 bits per heavy atom. The number of amides is 1. The van der Waals surface area contributed by atoms with Crippen LogP contribution in [0.5, 0.6) is 0 Å². The number of pyridine rings is 2. The van der Waals surface area contributed by atoms with Gasteiger partial charge in [-0.05, 0) is 48.7 Å². The van der Waals surface area contributed by atoms with Crippen LogP contribution in [0.1, 0.15) is 32.1 Å². The fourth-order valence-corrected chi connectivity index (χ4v) is 5.58. The lowest BCUT2D eigenvalue weighted by molar-refractivity contribution is -0.120. The third-order valence-corrected chi connectivity index (χ3v) is 7.66. The van der Waals surface area contributed by atoms with Crippen molar-refractivity contribution in [1.82, 2.24) is 30.1 Å². The van der Waals surface area contributed by atoms with Crippen molar-refractivity contribution in [3.8, 4) is 33.8 Å². The number of fused-ring (bicyclic) bond motifs is 2. The van der Waals surface area contributed by atoms with Crippen LogP contribution in [0.15, 0.2) is 73.2 Å². The van der Waals surface area contributed by atoms with Gasteiger partial charge in [0, 0.05) is 40.4 Å². The average molecular weight is 532 g/mol. The number of hydrogen-bond donors (Lipinski definition) is 3. The first-order valence-corrected chi connectivity index (χ1v) is 13.5. The Morgan fingerprint density at radius 3 is 2.70 bits per heavy atom. The number of carbonyl (C=O) groups is 1. The molecule has 4 aromatic heterocycles. The molecule has 2 aromatic carbocycles. The zero-order chi connectivity index (χ0) is 27.1. The van der Waals surface area contributed by atoms with Crippen LogP contribution >= 0.6 is 0 Å². The molecule has 0 unspecified atom stereocenters. The molecule has 1 fully saturated rings. The summed E-state index contributed by atoms with van der Waals surface area (Å²) in [7, 11) is 0. The first kappa shape index (κ1) is 24.1. The normalized spacial score (nSPS) is 14.1. The molecule has 0 saturated heterocycles. The van der Waals surface area contributed by atoms with Gasteiger partial charge in [0.15, 0.2) is 11.5 Å². The van der Waals surface area contributed by atoms with Crippen LogP contribution in [-0.2, 0) is 4.79 Å². The second-order valence-corrected chi connectivity index (χ2v) is 10.2. The van der Waals surface area contributed by atoms with E-state index < -0.39 is 0 Å². The molecule has 8 nitrogen and oxygen atoms in total. The molecule has 0 bridgehead atoms. The number of anilines is 1. The van der Waals surface area contributed by atoms with Gasteiger partial charge in [-0.15, -0.1) is 0 Å². The predicted molar refractivity (Wildman–Crippen MR) is 153 cm³/mol. The molecule has 0 atom stereocenters. The van der Waals surface area contributed by atoms with Crippen molar-refractivity contribution in [2.24, 2.45) is 5.92 Å². The highest BCUT2D eigenvalue weighted by atomic mass is 19.1. The van der Waals surface area contributed by atoms with Gasteiger partial charge in [-0.1, -0.05) is 43.5 Å². The zero-order valence-electron chi connectivity index (χ0n) is 21.6. The Labute approximate surface area is 229 Å². The summed E-state index contributed by atoms with van der Waals surface area (Å²) >= 11 is 0. The molecular weight excluding hydrogens is 505 g/mol. The minimum absolute atomic E-state index is 0.0689. The van der Waals surface area contributed by atoms with Gasteiger partial charge in [0.2, 0.25) is 5.91 Å². The molecule has 3 N–H and O–H groups in total. The number of benzene rings is 2. The van der Waals surface area contributed by atoms with Crippen molar-refractivity contribution < 1.29 is 9.18 Å². The van der Waals surface area contributed by atoms with E-state index in [0.717, 1.165) is 47.7 Å². The summed E-state index contributed by atoms with van der Waals surface area (Å²) < 4.78 is 14.6. The summed E-state index contributed by atoms with van der Waals surface area (Å²) in [4.78, 5) is 29.6. The van der Waals surface area contributed by atoms with E-state index in [9.17, 15) is 9.18 Å². The fourth-order valence-electron chi connectivity index (χ4n) is 5.58. The van der Waals surface area contributed by atoms with E-state index in [4.69, 9.17) is 0 Å². The highest BCUT2D eigenvalue weighted by Crippen LogP contribution is 2.34. The topological polar surface area (TPSA) is 112 Å². The van der Waals surface area contributed by atoms with E-state index in [1.165, 1.54) is 12.5 Å². The van der Waals surface area contributed by atoms with Crippen LogP contribution in [0.4, 0.5) is 10.1 Å². The molecule has 0 aliphatic heterocycles. The van der Waals surface area contributed by atoms with E-state index >= 15 is 0 Å². The summed E-state index contributed by atoms with van der Waals surface area (Å²) in [6.07, 6.45) is 10.4. The molecule has 0 radical (unpaired) electrons. The van der Waals surface area contributed by atoms with E-state index in [1.54, 1.807) is 42.9 Å². The minimum atomic E-state index is -0.313. The van der Waals surface area contributed by atoms with E-state index in [-0.39, 0.29) is 17.6 Å². The molecule has 40 heavy (non-hydrogen) atoms. The maximum Gasteiger partial charge on any atom is 0.227 e. The van der Waals surface area contributed by atoms with Crippen molar-refractivity contribution in [1.29, 1.82) is 0 Å². The maximum absolute atomic E-state index is 14.6. The molecule has 6 aromatic rings. The molecule has 0 spiro atoms. The van der Waals surface area contributed by atoms with Gasteiger partial charge >= 0.3 is 0 Å². The van der Waals surface area contributed by atoms with Gasteiger partial charge in [0.1, 0.15) is 11.5 Å². The molecule has 4 heterocycles. The lowest BCUT2D eigenvalue weighted by atomic mass is 9.88. The first-order valence-electron chi connectivity index (χ1n) is 13.5. The number of hydrogen-bond acceptors (Lipinski definition) is 5. The monoisotopic (exact) mass is 531 g/mol. The second-order valence-electron chi connectivity index (χ2n) is 10.2. The van der Waals surface area contributed by atoms with Gasteiger partial charge in [-0.3, -0.25) is 14.9 Å². The molecule has 1 saturated carbocycles. The SMILES string of the molecule is O=C(Nc1cncc(-c2ccc3[nH]nc(-c4nc5nccc(-c6ccccc6F)c5[nH]4)c3c2)c1)C1CCCCC1. The standard InChI is InChI=1S/C31H26FN7O/c32-25-9-5-4-8-22(25)23-12-13-34-29-27(23)36-30(37-29)28-24-15-19(10-11-26(24)38-39-28)20-14-21(17-33-16-20)35-31(40)18-6-2-1-3-7-18/h4-5,8-18H,1-3,6-7H2,(H,35,40)(H,38,39)(H,34,36,37). The Balaban J connectivity index is 1.23. The molecule has 1 aliphatic rings. The van der Waals surface area contributed by atoms with Crippen molar-refractivity contribution in [2.45, 2.75) is 32.1 Å². The minimum Gasteiger partial charge on any atom is -0.335 e. The van der Waals surface area contributed by atoms with Crippen LogP contribution in [0.2, 0.25) is 0 Å². The Kier molecular flexibility index (Phi) is 6.03. The Morgan fingerprint density at radius 1 is 0.950 bits per heavy atom. The van der Waals surface area contributed by atoms with Crippen molar-refractivity contribution in [3.63, 3.8) is 0 Å². The number of carbonyl (C=O) groups excluding carboxylic acids is 1. The molecule has 9 heteroatoms. The van der Waals surface area contributed by atoms with Crippen LogP contribution < -0.4 is 5.32 Å². The number of aromatic nitrogens is 6. The van der Waals surface area contributed by atoms with Gasteiger partial charge in [0.25, 0.3) is 0 Å². The smallest absolute Gasteiger partial charge is 0.227 e. The van der Waals surface area contributed by atoms with Crippen molar-refractivity contribution >= 4 is 33.7 Å². The summed E-state index contributed by atoms with van der Waals surface area (Å²) in [5.41, 5.74) is 6.24. The van der Waals surface area contributed by atoms with E-state index in [2.05, 4.69) is 35.5 Å². The zero-order valence-corrected chi connectivity index (χ0v) is 21.6. The summed E-state index contributed by atoms with van der Waals surface area (Å²) in [6, 6.07) is 16.3. The van der Waals surface area contributed by atoms with Crippen LogP contribution in [-0.4, -0.2) is 36.0 Å². The van der Waals surface area contributed by atoms with Crippen molar-refractivity contribution in [2.75, 3.05) is 5.32 Å². The highest BCUT2D eigenvalue weighted by Gasteiger charge is 2.21. The van der Waals surface area contributed by atoms with Gasteiger partial charge < -0.3 is 10.3 Å². The first-order chi connectivity index (χ1) is 19.6. The Bertz CT molecular complexity index is 1870. The molecule has 1 amide bonds. The third kappa shape index (κ3) is 4.39. The highest BCUT2D eigenvalue weighted by molar-refractivity contribution is 5.98. The fraction of sp³-hybridized carbons (Fsp3) is 0.194. The summed E-state index contributed by atoms with van der Waals surface area (Å²) in [5.74, 6) is 0.354. The number of rotatable bonds is 5. The number of H-pyrrole nitrogens is 2. The number of nitrogens with zero attached hydrogens (tertiary/aromatic N) is 4. The van der Waals surface area contributed by atoms with E-state index in [1.807, 2.05) is 24.3 Å². The average Bonchev–Trinajstić information content (AvgIpc) is 3.62. The van der Waals surface area contributed by atoms with Crippen LogP contribution in [0, 0.1) is 11.7 Å². The molecule has 7 rings (SSSR count). The number of nitrogens with one attached hydrogen (secondary N) is 3. The Hall–Kier alpha value is -4.92. The number of halogens is 1. The van der Waals surface area contributed by atoms with Crippen LogP contribution in [0.3, 0.4) is 0 Å². The number of aromatic amines is 2. The van der Waals surface area contributed by atoms with E-state index in [0.29, 0.717) is 39.5 Å². The predicted octanol–water partition coefficient (Wildman–Crippen LogP) is 6.89. The molecule has 198 valence electrons. The summed E-state index contributed by atoms with van der Waals surface area (Å²) in [5, 5.41) is 11.5. The number of imidazole rings is 1. The quantitative estimate of drug-likeness (QED) is 0.224. The summed E-state index contributed by atoms with van der Waals surface area (Å²) in [6.45, 7) is 0. The lowest BCUT2D eigenvalue weighted by Crippen LogP contribution is -2.24.